The molecule has 0 amide bonds. The number of phenolic OH excluding ortho intramolecular Hbond substituents is 1. The first-order valence-electron chi connectivity index (χ1n) is 7.31. The SMILES string of the molecule is CC(c1ccc(O)cc1)N1CCC(CCC(=O)O)CC1. The quantitative estimate of drug-likeness (QED) is 0.868. The topological polar surface area (TPSA) is 60.8 Å². The monoisotopic (exact) mass is 277 g/mol. The van der Waals surface area contributed by atoms with Crippen molar-refractivity contribution in [2.75, 3.05) is 13.1 Å². The lowest BCUT2D eigenvalue weighted by atomic mass is 9.91. The Morgan fingerprint density at radius 1 is 1.30 bits per heavy atom. The number of nitrogens with zero attached hydrogens (tertiary/aromatic N) is 1. The summed E-state index contributed by atoms with van der Waals surface area (Å²) in [6.07, 6.45) is 3.25. The Labute approximate surface area is 120 Å². The molecule has 1 aliphatic heterocycles. The molecule has 1 aromatic rings. The van der Waals surface area contributed by atoms with Crippen LogP contribution in [0.4, 0.5) is 0 Å². The summed E-state index contributed by atoms with van der Waals surface area (Å²) in [7, 11) is 0. The van der Waals surface area contributed by atoms with E-state index in [1.165, 1.54) is 5.56 Å². The first-order valence-corrected chi connectivity index (χ1v) is 7.31. The lowest BCUT2D eigenvalue weighted by Gasteiger charge is -2.36. The van der Waals surface area contributed by atoms with Gasteiger partial charge in [-0.05, 0) is 62.9 Å². The maximum Gasteiger partial charge on any atom is 0.303 e. The molecule has 0 radical (unpaired) electrons. The van der Waals surface area contributed by atoms with Gasteiger partial charge in [-0.3, -0.25) is 9.69 Å². The molecule has 1 unspecified atom stereocenters. The second-order valence-electron chi connectivity index (χ2n) is 5.68. The number of carboxylic acids is 1. The smallest absolute Gasteiger partial charge is 0.303 e. The summed E-state index contributed by atoms with van der Waals surface area (Å²) in [5.74, 6) is 0.160. The Morgan fingerprint density at radius 2 is 1.90 bits per heavy atom. The summed E-state index contributed by atoms with van der Waals surface area (Å²) < 4.78 is 0. The molecule has 2 N–H and O–H groups in total. The van der Waals surface area contributed by atoms with E-state index < -0.39 is 5.97 Å². The van der Waals surface area contributed by atoms with E-state index in [9.17, 15) is 9.90 Å². The van der Waals surface area contributed by atoms with E-state index in [1.807, 2.05) is 12.1 Å². The molecule has 1 heterocycles. The van der Waals surface area contributed by atoms with Crippen LogP contribution in [0.3, 0.4) is 0 Å². The molecule has 1 saturated heterocycles. The zero-order valence-corrected chi connectivity index (χ0v) is 12.0. The highest BCUT2D eigenvalue weighted by molar-refractivity contribution is 5.66. The van der Waals surface area contributed by atoms with Gasteiger partial charge in [0.05, 0.1) is 0 Å². The van der Waals surface area contributed by atoms with Gasteiger partial charge in [0, 0.05) is 12.5 Å². The van der Waals surface area contributed by atoms with E-state index in [-0.39, 0.29) is 6.42 Å². The van der Waals surface area contributed by atoms with Gasteiger partial charge < -0.3 is 10.2 Å². The lowest BCUT2D eigenvalue weighted by molar-refractivity contribution is -0.137. The van der Waals surface area contributed by atoms with E-state index in [2.05, 4.69) is 11.8 Å². The van der Waals surface area contributed by atoms with Crippen LogP contribution in [0.5, 0.6) is 5.75 Å². The molecule has 2 rings (SSSR count). The highest BCUT2D eigenvalue weighted by Crippen LogP contribution is 2.29. The van der Waals surface area contributed by atoms with Gasteiger partial charge in [-0.1, -0.05) is 12.1 Å². The first kappa shape index (κ1) is 14.9. The number of aliphatic carboxylic acids is 1. The number of aromatic hydroxyl groups is 1. The standard InChI is InChI=1S/C16H23NO3/c1-12(14-3-5-15(18)6-4-14)17-10-8-13(9-11-17)2-7-16(19)20/h3-6,12-13,18H,2,7-11H2,1H3,(H,19,20). The van der Waals surface area contributed by atoms with Crippen molar-refractivity contribution < 1.29 is 15.0 Å². The van der Waals surface area contributed by atoms with Crippen LogP contribution in [0.1, 0.15) is 44.2 Å². The predicted molar refractivity (Wildman–Crippen MR) is 77.7 cm³/mol. The minimum absolute atomic E-state index is 0.290. The molecule has 0 bridgehead atoms. The van der Waals surface area contributed by atoms with E-state index in [0.717, 1.165) is 32.4 Å². The van der Waals surface area contributed by atoms with E-state index in [1.54, 1.807) is 12.1 Å². The molecule has 1 aromatic carbocycles. The third-order valence-corrected chi connectivity index (χ3v) is 4.34. The molecule has 1 atom stereocenters. The molecule has 1 aliphatic rings. The fraction of sp³-hybridized carbons (Fsp3) is 0.562. The normalized spacial score (nSPS) is 18.9. The first-order chi connectivity index (χ1) is 9.56. The highest BCUT2D eigenvalue weighted by Gasteiger charge is 2.23. The number of carbonyl (C=O) groups is 1. The summed E-state index contributed by atoms with van der Waals surface area (Å²) in [6, 6.07) is 7.74. The van der Waals surface area contributed by atoms with Gasteiger partial charge in [-0.25, -0.2) is 0 Å². The summed E-state index contributed by atoms with van der Waals surface area (Å²) in [4.78, 5) is 13.0. The fourth-order valence-corrected chi connectivity index (χ4v) is 2.92. The van der Waals surface area contributed by atoms with Crippen molar-refractivity contribution in [2.45, 2.75) is 38.6 Å². The maximum absolute atomic E-state index is 10.6. The molecule has 0 aliphatic carbocycles. The Bertz CT molecular complexity index is 436. The zero-order chi connectivity index (χ0) is 14.5. The fourth-order valence-electron chi connectivity index (χ4n) is 2.92. The zero-order valence-electron chi connectivity index (χ0n) is 12.0. The number of phenols is 1. The van der Waals surface area contributed by atoms with Crippen LogP contribution in [0.25, 0.3) is 0 Å². The van der Waals surface area contributed by atoms with Crippen molar-refractivity contribution in [3.05, 3.63) is 29.8 Å². The Kier molecular flexibility index (Phi) is 5.01. The number of benzene rings is 1. The number of rotatable bonds is 5. The number of hydrogen-bond donors (Lipinski definition) is 2. The van der Waals surface area contributed by atoms with Gasteiger partial charge in [0.1, 0.15) is 5.75 Å². The van der Waals surface area contributed by atoms with Gasteiger partial charge in [-0.15, -0.1) is 0 Å². The molecule has 0 spiro atoms. The van der Waals surface area contributed by atoms with Crippen molar-refractivity contribution in [1.29, 1.82) is 0 Å². The summed E-state index contributed by atoms with van der Waals surface area (Å²) in [5, 5.41) is 18.1. The minimum Gasteiger partial charge on any atom is -0.508 e. The van der Waals surface area contributed by atoms with Crippen LogP contribution in [0, 0.1) is 5.92 Å². The Morgan fingerprint density at radius 3 is 2.45 bits per heavy atom. The average Bonchev–Trinajstić information content (AvgIpc) is 2.46. The summed E-state index contributed by atoms with van der Waals surface area (Å²) in [6.45, 7) is 4.22. The number of carboxylic acid groups (broad SMARTS) is 1. The van der Waals surface area contributed by atoms with Gasteiger partial charge >= 0.3 is 5.97 Å². The van der Waals surface area contributed by atoms with Crippen molar-refractivity contribution >= 4 is 5.97 Å². The van der Waals surface area contributed by atoms with Crippen LogP contribution >= 0.6 is 0 Å². The van der Waals surface area contributed by atoms with Crippen molar-refractivity contribution in [2.24, 2.45) is 5.92 Å². The molecule has 4 nitrogen and oxygen atoms in total. The third kappa shape index (κ3) is 3.97. The molecule has 1 fully saturated rings. The molecule has 4 heteroatoms. The van der Waals surface area contributed by atoms with Crippen LogP contribution in [-0.4, -0.2) is 34.2 Å². The second-order valence-corrected chi connectivity index (χ2v) is 5.68. The molecule has 0 aromatic heterocycles. The van der Waals surface area contributed by atoms with Gasteiger partial charge in [-0.2, -0.15) is 0 Å². The number of piperidine rings is 1. The summed E-state index contributed by atoms with van der Waals surface area (Å²) >= 11 is 0. The van der Waals surface area contributed by atoms with Crippen LogP contribution < -0.4 is 0 Å². The van der Waals surface area contributed by atoms with E-state index in [4.69, 9.17) is 5.11 Å². The lowest BCUT2D eigenvalue weighted by Crippen LogP contribution is -2.35. The molecule has 110 valence electrons. The minimum atomic E-state index is -0.690. The molecular weight excluding hydrogens is 254 g/mol. The number of hydrogen-bond acceptors (Lipinski definition) is 3. The van der Waals surface area contributed by atoms with E-state index >= 15 is 0 Å². The third-order valence-electron chi connectivity index (χ3n) is 4.34. The average molecular weight is 277 g/mol. The molecular formula is C16H23NO3. The predicted octanol–water partition coefficient (Wildman–Crippen LogP) is 3.03. The van der Waals surface area contributed by atoms with E-state index in [0.29, 0.717) is 17.7 Å². The maximum atomic E-state index is 10.6. The summed E-state index contributed by atoms with van der Waals surface area (Å²) in [5.41, 5.74) is 1.21. The van der Waals surface area contributed by atoms with Gasteiger partial charge in [0.15, 0.2) is 0 Å². The largest absolute Gasteiger partial charge is 0.508 e. The van der Waals surface area contributed by atoms with Gasteiger partial charge in [0.2, 0.25) is 0 Å². The second kappa shape index (κ2) is 6.75. The Balaban J connectivity index is 1.83. The van der Waals surface area contributed by atoms with Crippen molar-refractivity contribution in [1.82, 2.24) is 4.90 Å². The van der Waals surface area contributed by atoms with Crippen LogP contribution in [0.2, 0.25) is 0 Å². The van der Waals surface area contributed by atoms with Gasteiger partial charge in [0.25, 0.3) is 0 Å². The number of likely N-dealkylation sites (tertiary alicyclic amines) is 1. The Hall–Kier alpha value is -1.55. The van der Waals surface area contributed by atoms with Crippen molar-refractivity contribution in [3.8, 4) is 5.75 Å². The van der Waals surface area contributed by atoms with Crippen molar-refractivity contribution in [3.63, 3.8) is 0 Å². The van der Waals surface area contributed by atoms with Crippen LogP contribution in [-0.2, 0) is 4.79 Å². The molecule has 0 saturated carbocycles. The highest BCUT2D eigenvalue weighted by atomic mass is 16.4. The van der Waals surface area contributed by atoms with Crippen LogP contribution in [0.15, 0.2) is 24.3 Å². The molecule has 20 heavy (non-hydrogen) atoms.